The molecule has 0 spiro atoms. The second kappa shape index (κ2) is 13.6. The largest absolute Gasteiger partial charge is 0.375 e. The van der Waals surface area contributed by atoms with Gasteiger partial charge >= 0.3 is 0 Å². The molecule has 0 aromatic rings. The molecule has 0 radical (unpaired) electrons. The third-order valence-corrected chi connectivity index (χ3v) is 5.08. The van der Waals surface area contributed by atoms with Crippen molar-refractivity contribution in [1.29, 1.82) is 0 Å². The lowest BCUT2D eigenvalue weighted by Gasteiger charge is -2.40. The summed E-state index contributed by atoms with van der Waals surface area (Å²) in [5.74, 6) is 0.759. The first-order chi connectivity index (χ1) is 10.2. The Morgan fingerprint density at radius 1 is 0.667 bits per heavy atom. The van der Waals surface area contributed by atoms with Gasteiger partial charge in [0.25, 0.3) is 0 Å². The fraction of sp³-hybridized carbons (Fsp3) is 1.00. The summed E-state index contributed by atoms with van der Waals surface area (Å²) in [7, 11) is 0. The van der Waals surface area contributed by atoms with E-state index in [2.05, 4.69) is 34.6 Å². The second-order valence-corrected chi connectivity index (χ2v) is 6.66. The maximum absolute atomic E-state index is 6.39. The van der Waals surface area contributed by atoms with E-state index in [0.29, 0.717) is 0 Å². The van der Waals surface area contributed by atoms with E-state index in [1.165, 1.54) is 70.6 Å². The summed E-state index contributed by atoms with van der Waals surface area (Å²) in [5.41, 5.74) is 0.148. The molecule has 0 bridgehead atoms. The summed E-state index contributed by atoms with van der Waals surface area (Å²) < 4.78 is 6.39. The van der Waals surface area contributed by atoms with E-state index >= 15 is 0 Å². The molecule has 1 nitrogen and oxygen atoms in total. The maximum atomic E-state index is 6.39. The van der Waals surface area contributed by atoms with Gasteiger partial charge in [0.2, 0.25) is 0 Å². The molecule has 1 heteroatoms. The molecular weight excluding hydrogens is 256 g/mol. The molecule has 0 N–H and O–H groups in total. The molecule has 0 aliphatic carbocycles. The van der Waals surface area contributed by atoms with Gasteiger partial charge < -0.3 is 4.74 Å². The number of ether oxygens (including phenoxy) is 1. The van der Waals surface area contributed by atoms with E-state index in [-0.39, 0.29) is 5.60 Å². The van der Waals surface area contributed by atoms with E-state index in [1.807, 2.05) is 0 Å². The quantitative estimate of drug-likeness (QED) is 0.292. The molecule has 0 fully saturated rings. The van der Waals surface area contributed by atoms with Gasteiger partial charge in [0.15, 0.2) is 0 Å². The van der Waals surface area contributed by atoms with E-state index in [4.69, 9.17) is 4.74 Å². The Bertz CT molecular complexity index is 208. The van der Waals surface area contributed by atoms with Crippen molar-refractivity contribution >= 4 is 0 Å². The smallest absolute Gasteiger partial charge is 0.0705 e. The first-order valence-electron chi connectivity index (χ1n) is 9.84. The summed E-state index contributed by atoms with van der Waals surface area (Å²) in [6.07, 6.45) is 15.9. The van der Waals surface area contributed by atoms with Crippen LogP contribution in [-0.2, 0) is 4.74 Å². The average Bonchev–Trinajstić information content (AvgIpc) is 2.52. The van der Waals surface area contributed by atoms with Crippen LogP contribution < -0.4 is 0 Å². The average molecular weight is 299 g/mol. The number of hydrogen-bond acceptors (Lipinski definition) is 1. The predicted octanol–water partition coefficient (Wildman–Crippen LogP) is 7.14. The molecule has 0 amide bonds. The van der Waals surface area contributed by atoms with Crippen molar-refractivity contribution in [2.45, 2.75) is 117 Å². The van der Waals surface area contributed by atoms with Gasteiger partial charge in [-0.25, -0.2) is 0 Å². The fourth-order valence-corrected chi connectivity index (χ4v) is 3.64. The molecule has 1 unspecified atom stereocenters. The van der Waals surface area contributed by atoms with Crippen LogP contribution in [0.15, 0.2) is 0 Å². The van der Waals surface area contributed by atoms with Crippen LogP contribution in [0.3, 0.4) is 0 Å². The lowest BCUT2D eigenvalue weighted by atomic mass is 9.77. The summed E-state index contributed by atoms with van der Waals surface area (Å²) in [6.45, 7) is 12.4. The Kier molecular flexibility index (Phi) is 13.6. The zero-order valence-corrected chi connectivity index (χ0v) is 15.7. The van der Waals surface area contributed by atoms with Crippen LogP contribution in [0.2, 0.25) is 0 Å². The molecule has 0 aliphatic heterocycles. The van der Waals surface area contributed by atoms with Crippen molar-refractivity contribution in [3.63, 3.8) is 0 Å². The van der Waals surface area contributed by atoms with Crippen LogP contribution >= 0.6 is 0 Å². The Morgan fingerprint density at radius 2 is 1.29 bits per heavy atom. The molecule has 1 atom stereocenters. The van der Waals surface area contributed by atoms with Crippen molar-refractivity contribution in [2.75, 3.05) is 6.61 Å². The summed E-state index contributed by atoms with van der Waals surface area (Å²) >= 11 is 0. The predicted molar refractivity (Wildman–Crippen MR) is 95.9 cm³/mol. The molecule has 21 heavy (non-hydrogen) atoms. The number of rotatable bonds is 15. The molecule has 0 heterocycles. The van der Waals surface area contributed by atoms with E-state index in [9.17, 15) is 0 Å². The minimum Gasteiger partial charge on any atom is -0.375 e. The normalized spacial score (nSPS) is 13.6. The zero-order valence-electron chi connectivity index (χ0n) is 15.7. The highest BCUT2D eigenvalue weighted by molar-refractivity contribution is 4.86. The SMILES string of the molecule is CCCCCCCCC(CCC)C(CC)(CC)OCCC. The van der Waals surface area contributed by atoms with E-state index in [0.717, 1.165) is 18.9 Å². The summed E-state index contributed by atoms with van der Waals surface area (Å²) in [6, 6.07) is 0. The van der Waals surface area contributed by atoms with Crippen molar-refractivity contribution < 1.29 is 4.74 Å². The van der Waals surface area contributed by atoms with Crippen LogP contribution in [-0.4, -0.2) is 12.2 Å². The highest BCUT2D eigenvalue weighted by Crippen LogP contribution is 2.36. The van der Waals surface area contributed by atoms with Crippen LogP contribution in [0.5, 0.6) is 0 Å². The first-order valence-corrected chi connectivity index (χ1v) is 9.84. The minimum absolute atomic E-state index is 0.148. The van der Waals surface area contributed by atoms with Gasteiger partial charge in [0.1, 0.15) is 0 Å². The molecule has 0 saturated heterocycles. The zero-order chi connectivity index (χ0) is 16.0. The highest BCUT2D eigenvalue weighted by Gasteiger charge is 2.35. The van der Waals surface area contributed by atoms with Gasteiger partial charge in [-0.3, -0.25) is 0 Å². The van der Waals surface area contributed by atoms with Crippen molar-refractivity contribution in [3.05, 3.63) is 0 Å². The Hall–Kier alpha value is -0.0400. The van der Waals surface area contributed by atoms with Gasteiger partial charge in [-0.15, -0.1) is 0 Å². The second-order valence-electron chi connectivity index (χ2n) is 6.66. The third kappa shape index (κ3) is 8.24. The maximum Gasteiger partial charge on any atom is 0.0705 e. The van der Waals surface area contributed by atoms with Crippen molar-refractivity contribution in [2.24, 2.45) is 5.92 Å². The standard InChI is InChI=1S/C20H42O/c1-6-11-12-13-14-15-17-19(16-7-2)20(9-4,10-5)21-18-8-3/h19H,6-18H2,1-5H3. The Labute approximate surface area is 135 Å². The Balaban J connectivity index is 4.37. The highest BCUT2D eigenvalue weighted by atomic mass is 16.5. The van der Waals surface area contributed by atoms with E-state index < -0.39 is 0 Å². The topological polar surface area (TPSA) is 9.23 Å². The van der Waals surface area contributed by atoms with Crippen molar-refractivity contribution in [1.82, 2.24) is 0 Å². The molecular formula is C20H42O. The van der Waals surface area contributed by atoms with Gasteiger partial charge in [-0.2, -0.15) is 0 Å². The summed E-state index contributed by atoms with van der Waals surface area (Å²) in [4.78, 5) is 0. The molecule has 128 valence electrons. The fourth-order valence-electron chi connectivity index (χ4n) is 3.64. The van der Waals surface area contributed by atoms with Gasteiger partial charge in [0.05, 0.1) is 5.60 Å². The Morgan fingerprint density at radius 3 is 1.81 bits per heavy atom. The molecule has 0 aliphatic rings. The lowest BCUT2D eigenvalue weighted by Crippen LogP contribution is -2.40. The minimum atomic E-state index is 0.148. The van der Waals surface area contributed by atoms with E-state index in [1.54, 1.807) is 0 Å². The molecule has 0 aromatic heterocycles. The van der Waals surface area contributed by atoms with Gasteiger partial charge in [-0.05, 0) is 38.0 Å². The van der Waals surface area contributed by atoms with Crippen LogP contribution in [0.25, 0.3) is 0 Å². The van der Waals surface area contributed by atoms with Gasteiger partial charge in [-0.1, -0.05) is 79.6 Å². The first kappa shape index (κ1) is 21.0. The van der Waals surface area contributed by atoms with Crippen LogP contribution in [0, 0.1) is 5.92 Å². The number of unbranched alkanes of at least 4 members (excludes halogenated alkanes) is 5. The summed E-state index contributed by atoms with van der Waals surface area (Å²) in [5, 5.41) is 0. The third-order valence-electron chi connectivity index (χ3n) is 5.08. The van der Waals surface area contributed by atoms with Gasteiger partial charge in [0, 0.05) is 6.61 Å². The monoisotopic (exact) mass is 298 g/mol. The van der Waals surface area contributed by atoms with Crippen LogP contribution in [0.1, 0.15) is 112 Å². The van der Waals surface area contributed by atoms with Crippen LogP contribution in [0.4, 0.5) is 0 Å². The molecule has 0 saturated carbocycles. The van der Waals surface area contributed by atoms with Crippen molar-refractivity contribution in [3.8, 4) is 0 Å². The lowest BCUT2D eigenvalue weighted by molar-refractivity contribution is -0.0979. The molecule has 0 aromatic carbocycles. The number of hydrogen-bond donors (Lipinski definition) is 0. The molecule has 0 rings (SSSR count).